The van der Waals surface area contributed by atoms with Crippen molar-refractivity contribution in [1.82, 2.24) is 9.97 Å². The summed E-state index contributed by atoms with van der Waals surface area (Å²) >= 11 is 0. The summed E-state index contributed by atoms with van der Waals surface area (Å²) in [6.07, 6.45) is 0. The molecule has 0 amide bonds. The zero-order valence-electron chi connectivity index (χ0n) is 17.4. The Morgan fingerprint density at radius 1 is 1.07 bits per heavy atom. The fraction of sp³-hybridized carbons (Fsp3) is 0.364. The molecule has 0 bridgehead atoms. The van der Waals surface area contributed by atoms with Gasteiger partial charge in [0, 0.05) is 6.07 Å². The Morgan fingerprint density at radius 3 is 2.48 bits per heavy atom. The van der Waals surface area contributed by atoms with Crippen molar-refractivity contribution in [3.05, 3.63) is 58.1 Å². The van der Waals surface area contributed by atoms with E-state index in [1.54, 1.807) is 26.4 Å². The van der Waals surface area contributed by atoms with E-state index in [4.69, 9.17) is 14.2 Å². The van der Waals surface area contributed by atoms with Crippen molar-refractivity contribution >= 4 is 10.9 Å². The van der Waals surface area contributed by atoms with Crippen LogP contribution in [0.25, 0.3) is 10.9 Å². The molecule has 3 aromatic rings. The first-order valence-electron chi connectivity index (χ1n) is 9.72. The van der Waals surface area contributed by atoms with E-state index in [0.29, 0.717) is 41.4 Å². The van der Waals surface area contributed by atoms with Crippen LogP contribution in [0.2, 0.25) is 0 Å². The van der Waals surface area contributed by atoms with Gasteiger partial charge in [-0.3, -0.25) is 4.79 Å². The molecular formula is C22H28N3O4+. The molecule has 7 heteroatoms. The van der Waals surface area contributed by atoms with Crippen molar-refractivity contribution in [3.8, 4) is 17.2 Å². The molecule has 1 atom stereocenters. The summed E-state index contributed by atoms with van der Waals surface area (Å²) in [6.45, 7) is 7.04. The molecule has 0 aliphatic heterocycles. The average Bonchev–Trinajstić information content (AvgIpc) is 2.73. The maximum absolute atomic E-state index is 12.5. The standard InChI is InChI=1S/C22H27N3O4/c1-5-25(10-11-29-18-9-7-6-8-15(18)2)14-21-23-17-13-20(28-4)19(27-3)12-16(17)22(26)24-21/h6-9,12-13H,5,10-11,14H2,1-4H3,(H,23,24,26)/p+1. The lowest BCUT2D eigenvalue weighted by molar-refractivity contribution is -0.912. The van der Waals surface area contributed by atoms with E-state index in [0.717, 1.165) is 24.4 Å². The maximum Gasteiger partial charge on any atom is 0.259 e. The smallest absolute Gasteiger partial charge is 0.259 e. The lowest BCUT2D eigenvalue weighted by Gasteiger charge is -2.18. The Hall–Kier alpha value is -3.06. The van der Waals surface area contributed by atoms with Gasteiger partial charge in [-0.05, 0) is 31.5 Å². The minimum absolute atomic E-state index is 0.183. The van der Waals surface area contributed by atoms with Crippen molar-refractivity contribution in [2.24, 2.45) is 0 Å². The van der Waals surface area contributed by atoms with Gasteiger partial charge in [0.2, 0.25) is 0 Å². The Balaban J connectivity index is 1.73. The van der Waals surface area contributed by atoms with Crippen LogP contribution in [0.4, 0.5) is 0 Å². The minimum atomic E-state index is -0.183. The third-order valence-electron chi connectivity index (χ3n) is 4.98. The van der Waals surface area contributed by atoms with Crippen LogP contribution < -0.4 is 24.7 Å². The zero-order chi connectivity index (χ0) is 20.8. The summed E-state index contributed by atoms with van der Waals surface area (Å²) < 4.78 is 16.5. The van der Waals surface area contributed by atoms with E-state index < -0.39 is 0 Å². The first kappa shape index (κ1) is 20.7. The molecule has 0 radical (unpaired) electrons. The van der Waals surface area contributed by atoms with Crippen LogP contribution in [-0.4, -0.2) is 43.9 Å². The highest BCUT2D eigenvalue weighted by Crippen LogP contribution is 2.29. The van der Waals surface area contributed by atoms with Crippen molar-refractivity contribution in [2.75, 3.05) is 33.9 Å². The number of H-pyrrole nitrogens is 1. The molecule has 0 spiro atoms. The molecule has 1 aromatic heterocycles. The number of aromatic amines is 1. The van der Waals surface area contributed by atoms with Gasteiger partial charge in [-0.25, -0.2) is 4.98 Å². The molecule has 1 heterocycles. The van der Waals surface area contributed by atoms with Gasteiger partial charge in [-0.15, -0.1) is 0 Å². The quantitative estimate of drug-likeness (QED) is 0.574. The molecule has 3 rings (SSSR count). The molecular weight excluding hydrogens is 370 g/mol. The summed E-state index contributed by atoms with van der Waals surface area (Å²) in [7, 11) is 3.11. The Morgan fingerprint density at radius 2 is 1.79 bits per heavy atom. The number of para-hydroxylation sites is 1. The number of rotatable bonds is 9. The number of nitrogens with zero attached hydrogens (tertiary/aromatic N) is 1. The van der Waals surface area contributed by atoms with Crippen molar-refractivity contribution in [3.63, 3.8) is 0 Å². The lowest BCUT2D eigenvalue weighted by Crippen LogP contribution is -3.11. The summed E-state index contributed by atoms with van der Waals surface area (Å²) in [5.74, 6) is 2.60. The third-order valence-corrected chi connectivity index (χ3v) is 4.98. The van der Waals surface area contributed by atoms with Crippen LogP contribution >= 0.6 is 0 Å². The first-order valence-corrected chi connectivity index (χ1v) is 9.72. The predicted octanol–water partition coefficient (Wildman–Crippen LogP) is 1.73. The molecule has 154 valence electrons. The van der Waals surface area contributed by atoms with Crippen molar-refractivity contribution < 1.29 is 19.1 Å². The van der Waals surface area contributed by atoms with Gasteiger partial charge < -0.3 is 24.1 Å². The SMILES string of the molecule is CC[NH+](CCOc1ccccc1C)Cc1nc2cc(OC)c(OC)cc2c(=O)[nH]1. The number of quaternary nitrogens is 1. The number of hydrogen-bond donors (Lipinski definition) is 2. The monoisotopic (exact) mass is 398 g/mol. The number of aryl methyl sites for hydroxylation is 1. The summed E-state index contributed by atoms with van der Waals surface area (Å²) in [5.41, 5.74) is 1.53. The number of nitrogens with one attached hydrogen (secondary N) is 2. The van der Waals surface area contributed by atoms with Gasteiger partial charge in [0.05, 0.1) is 31.7 Å². The highest BCUT2D eigenvalue weighted by molar-refractivity contribution is 5.81. The van der Waals surface area contributed by atoms with Crippen LogP contribution in [0.3, 0.4) is 0 Å². The van der Waals surface area contributed by atoms with E-state index in [1.165, 1.54) is 4.90 Å². The Kier molecular flexibility index (Phi) is 6.72. The van der Waals surface area contributed by atoms with Gasteiger partial charge in [-0.1, -0.05) is 18.2 Å². The van der Waals surface area contributed by atoms with E-state index in [9.17, 15) is 4.79 Å². The number of methoxy groups -OCH3 is 2. The highest BCUT2D eigenvalue weighted by Gasteiger charge is 2.14. The second-order valence-electron chi connectivity index (χ2n) is 6.88. The first-order chi connectivity index (χ1) is 14.0. The number of fused-ring (bicyclic) bond motifs is 1. The molecule has 0 saturated carbocycles. The Bertz CT molecular complexity index is 1030. The fourth-order valence-corrected chi connectivity index (χ4v) is 3.25. The lowest BCUT2D eigenvalue weighted by atomic mass is 10.2. The van der Waals surface area contributed by atoms with E-state index in [-0.39, 0.29) is 5.56 Å². The van der Waals surface area contributed by atoms with Crippen molar-refractivity contribution in [2.45, 2.75) is 20.4 Å². The second-order valence-corrected chi connectivity index (χ2v) is 6.88. The average molecular weight is 398 g/mol. The highest BCUT2D eigenvalue weighted by atomic mass is 16.5. The number of likely N-dealkylation sites (N-methyl/N-ethyl adjacent to an activating group) is 1. The second kappa shape index (κ2) is 9.43. The molecule has 7 nitrogen and oxygen atoms in total. The van der Waals surface area contributed by atoms with E-state index >= 15 is 0 Å². The molecule has 0 fully saturated rings. The van der Waals surface area contributed by atoms with Gasteiger partial charge in [-0.2, -0.15) is 0 Å². The van der Waals surface area contributed by atoms with Gasteiger partial charge >= 0.3 is 0 Å². The summed E-state index contributed by atoms with van der Waals surface area (Å²) in [6, 6.07) is 11.4. The minimum Gasteiger partial charge on any atom is -0.493 e. The fourth-order valence-electron chi connectivity index (χ4n) is 3.25. The van der Waals surface area contributed by atoms with Crippen LogP contribution in [0, 0.1) is 6.92 Å². The largest absolute Gasteiger partial charge is 0.493 e. The van der Waals surface area contributed by atoms with Crippen molar-refractivity contribution in [1.29, 1.82) is 0 Å². The van der Waals surface area contributed by atoms with Gasteiger partial charge in [0.25, 0.3) is 5.56 Å². The summed E-state index contributed by atoms with van der Waals surface area (Å²) in [4.78, 5) is 21.3. The maximum atomic E-state index is 12.5. The van der Waals surface area contributed by atoms with E-state index in [1.807, 2.05) is 31.2 Å². The molecule has 0 aliphatic carbocycles. The molecule has 0 saturated heterocycles. The topological polar surface area (TPSA) is 77.9 Å². The molecule has 29 heavy (non-hydrogen) atoms. The number of ether oxygens (including phenoxy) is 3. The number of aromatic nitrogens is 2. The predicted molar refractivity (Wildman–Crippen MR) is 112 cm³/mol. The molecule has 1 unspecified atom stereocenters. The number of benzene rings is 2. The Labute approximate surface area is 170 Å². The van der Waals surface area contributed by atoms with Gasteiger partial charge in [0.15, 0.2) is 17.3 Å². The number of hydrogen-bond acceptors (Lipinski definition) is 5. The molecule has 0 aliphatic rings. The van der Waals surface area contributed by atoms with Gasteiger partial charge in [0.1, 0.15) is 25.4 Å². The molecule has 2 aromatic carbocycles. The zero-order valence-corrected chi connectivity index (χ0v) is 17.4. The van der Waals surface area contributed by atoms with Crippen LogP contribution in [0.5, 0.6) is 17.2 Å². The molecule has 2 N–H and O–H groups in total. The normalized spacial score (nSPS) is 12.0. The van der Waals surface area contributed by atoms with Crippen LogP contribution in [0.1, 0.15) is 18.3 Å². The summed E-state index contributed by atoms with van der Waals surface area (Å²) in [5, 5.41) is 0.479. The third kappa shape index (κ3) is 4.86. The van der Waals surface area contributed by atoms with Crippen LogP contribution in [-0.2, 0) is 6.54 Å². The van der Waals surface area contributed by atoms with E-state index in [2.05, 4.69) is 16.9 Å². The van der Waals surface area contributed by atoms with Crippen LogP contribution in [0.15, 0.2) is 41.2 Å².